The lowest BCUT2D eigenvalue weighted by molar-refractivity contribution is -0.140. The van der Waals surface area contributed by atoms with Crippen LogP contribution in [0.25, 0.3) is 0 Å². The van der Waals surface area contributed by atoms with Crippen LogP contribution in [0.1, 0.15) is 78.2 Å². The van der Waals surface area contributed by atoms with Crippen LogP contribution >= 0.6 is 0 Å². The van der Waals surface area contributed by atoms with Gasteiger partial charge in [-0.3, -0.25) is 19.2 Å². The molecular formula is C42H46N4O13. The van der Waals surface area contributed by atoms with Crippen molar-refractivity contribution in [2.75, 3.05) is 13.1 Å². The third kappa shape index (κ3) is 13.1. The van der Waals surface area contributed by atoms with Gasteiger partial charge in [0.15, 0.2) is 12.6 Å². The number of ether oxygens (including phenoxy) is 2. The molecule has 6 rings (SSSR count). The molecule has 0 aliphatic carbocycles. The fourth-order valence-corrected chi connectivity index (χ4v) is 6.12. The van der Waals surface area contributed by atoms with E-state index < -0.39 is 35.9 Å². The molecule has 0 spiro atoms. The van der Waals surface area contributed by atoms with Crippen LogP contribution in [0.2, 0.25) is 0 Å². The molecule has 1 amide bonds. The smallest absolute Gasteiger partial charge is 0.335 e. The number of aliphatic carboxylic acids is 2. The van der Waals surface area contributed by atoms with Gasteiger partial charge in [0.25, 0.3) is 5.91 Å². The monoisotopic (exact) mass is 814 g/mol. The lowest BCUT2D eigenvalue weighted by Gasteiger charge is -2.21. The molecule has 0 saturated carbocycles. The van der Waals surface area contributed by atoms with E-state index in [0.29, 0.717) is 24.6 Å². The van der Waals surface area contributed by atoms with E-state index in [1.165, 1.54) is 24.3 Å². The van der Waals surface area contributed by atoms with Crippen molar-refractivity contribution >= 4 is 36.4 Å². The van der Waals surface area contributed by atoms with Crippen molar-refractivity contribution < 1.29 is 63.8 Å². The normalized spacial score (nSPS) is 16.4. The van der Waals surface area contributed by atoms with Gasteiger partial charge in [-0.25, -0.2) is 9.59 Å². The van der Waals surface area contributed by atoms with E-state index in [4.69, 9.17) is 25.4 Å². The molecule has 2 unspecified atom stereocenters. The van der Waals surface area contributed by atoms with Crippen LogP contribution in [-0.2, 0) is 22.8 Å². The van der Waals surface area contributed by atoms with E-state index in [1.807, 2.05) is 0 Å². The summed E-state index contributed by atoms with van der Waals surface area (Å²) >= 11 is 0. The van der Waals surface area contributed by atoms with Crippen LogP contribution in [-0.4, -0.2) is 99.2 Å². The highest BCUT2D eigenvalue weighted by molar-refractivity contribution is 5.96. The molecule has 2 aliphatic rings. The van der Waals surface area contributed by atoms with E-state index in [2.05, 4.69) is 16.0 Å². The van der Waals surface area contributed by atoms with Crippen LogP contribution in [0.4, 0.5) is 0 Å². The van der Waals surface area contributed by atoms with Crippen LogP contribution < -0.4 is 31.2 Å². The number of aromatic hydroxyl groups is 2. The quantitative estimate of drug-likeness (QED) is 0.0778. The summed E-state index contributed by atoms with van der Waals surface area (Å²) in [4.78, 5) is 66.9. The Hall–Kier alpha value is -6.82. The van der Waals surface area contributed by atoms with Gasteiger partial charge in [-0.05, 0) is 98.4 Å². The van der Waals surface area contributed by atoms with Gasteiger partial charge in [0.2, 0.25) is 0 Å². The SMILES string of the molecule is N[C@H](C(=O)O)C1CCCN1.O=Cc1c(O)cccc1OCc1ccc(C(=O)N[C@H](C(=O)O)C2CCCN2)cc1.O=Cc1c(O)cccc1OCc1ccc(C(=O)O)cc1. The Labute approximate surface area is 338 Å². The van der Waals surface area contributed by atoms with Crippen LogP contribution in [0.5, 0.6) is 23.0 Å². The molecule has 2 aliphatic heterocycles. The van der Waals surface area contributed by atoms with E-state index in [9.17, 15) is 44.1 Å². The Morgan fingerprint density at radius 1 is 0.678 bits per heavy atom. The van der Waals surface area contributed by atoms with E-state index in [0.717, 1.165) is 43.5 Å². The molecule has 4 aromatic rings. The highest BCUT2D eigenvalue weighted by Gasteiger charge is 2.32. The predicted molar refractivity (Wildman–Crippen MR) is 212 cm³/mol. The van der Waals surface area contributed by atoms with Crippen molar-refractivity contribution in [2.24, 2.45) is 5.73 Å². The number of hydrogen-bond donors (Lipinski definition) is 9. The number of aldehydes is 2. The number of hydrogen-bond acceptors (Lipinski definition) is 13. The van der Waals surface area contributed by atoms with Crippen molar-refractivity contribution in [2.45, 2.75) is 63.1 Å². The predicted octanol–water partition coefficient (Wildman–Crippen LogP) is 3.35. The van der Waals surface area contributed by atoms with Gasteiger partial charge in [-0.15, -0.1) is 0 Å². The molecule has 2 fully saturated rings. The van der Waals surface area contributed by atoms with Gasteiger partial charge in [0.05, 0.1) is 16.7 Å². The summed E-state index contributed by atoms with van der Waals surface area (Å²) in [6.07, 6.45) is 4.54. The van der Waals surface area contributed by atoms with E-state index in [1.54, 1.807) is 60.7 Å². The van der Waals surface area contributed by atoms with Gasteiger partial charge in [-0.1, -0.05) is 36.4 Å². The third-order valence-electron chi connectivity index (χ3n) is 9.40. The largest absolute Gasteiger partial charge is 0.507 e. The van der Waals surface area contributed by atoms with Gasteiger partial charge < -0.3 is 56.7 Å². The molecule has 312 valence electrons. The maximum absolute atomic E-state index is 12.4. The molecule has 59 heavy (non-hydrogen) atoms. The molecule has 17 nitrogen and oxygen atoms in total. The summed E-state index contributed by atoms with van der Waals surface area (Å²) in [5.41, 5.74) is 7.56. The van der Waals surface area contributed by atoms with Crippen LogP contribution in [0.3, 0.4) is 0 Å². The van der Waals surface area contributed by atoms with Crippen molar-refractivity contribution in [1.82, 2.24) is 16.0 Å². The van der Waals surface area contributed by atoms with Gasteiger partial charge in [0.1, 0.15) is 48.3 Å². The minimum atomic E-state index is -1.07. The number of phenols is 2. The first-order valence-electron chi connectivity index (χ1n) is 18.5. The topological polar surface area (TPSA) is 284 Å². The molecule has 4 aromatic carbocycles. The number of carboxylic acid groups (broad SMARTS) is 3. The second-order valence-corrected chi connectivity index (χ2v) is 13.4. The fraction of sp³-hybridized carbons (Fsp3) is 0.286. The van der Waals surface area contributed by atoms with Crippen molar-refractivity contribution in [1.29, 1.82) is 0 Å². The number of aromatic carboxylic acids is 1. The molecule has 0 radical (unpaired) electrons. The summed E-state index contributed by atoms with van der Waals surface area (Å²) in [5.74, 6) is -3.20. The Bertz CT molecular complexity index is 2060. The zero-order valence-electron chi connectivity index (χ0n) is 31.8. The standard InChI is InChI=1S/C21H22N2O6.C15H12O5.C6H12N2O2/c24-11-15-17(25)4-1-5-18(15)29-12-13-6-8-14(9-7-13)20(26)23-19(21(27)28)16-3-2-10-22-16;16-8-12-13(17)2-1-3-14(12)20-9-10-4-6-11(7-5-10)15(18)19;7-5(6(9)10)4-2-1-3-8-4/h1,4-9,11,16,19,22,25H,2-3,10,12H2,(H,23,26)(H,27,28);1-8,17H,9H2,(H,18,19);4-5,8H,1-3,7H2,(H,9,10)/t16?,19-;;4?,5-/m0.0/s1. The number of phenolic OH excluding ortho intramolecular Hbond substituents is 2. The van der Waals surface area contributed by atoms with Gasteiger partial charge in [-0.2, -0.15) is 0 Å². The van der Waals surface area contributed by atoms with Crippen LogP contribution in [0.15, 0.2) is 84.9 Å². The lowest BCUT2D eigenvalue weighted by Crippen LogP contribution is -2.52. The highest BCUT2D eigenvalue weighted by atomic mass is 16.5. The number of nitrogens with two attached hydrogens (primary N) is 1. The van der Waals surface area contributed by atoms with Gasteiger partial charge >= 0.3 is 17.9 Å². The molecule has 4 atom stereocenters. The number of carboxylic acids is 3. The van der Waals surface area contributed by atoms with Gasteiger partial charge in [0, 0.05) is 17.6 Å². The number of rotatable bonds is 15. The zero-order valence-corrected chi connectivity index (χ0v) is 31.8. The summed E-state index contributed by atoms with van der Waals surface area (Å²) in [6.45, 7) is 1.94. The molecule has 10 N–H and O–H groups in total. The number of benzene rings is 4. The van der Waals surface area contributed by atoms with Crippen molar-refractivity contribution in [3.8, 4) is 23.0 Å². The van der Waals surface area contributed by atoms with Crippen LogP contribution in [0, 0.1) is 0 Å². The number of nitrogens with one attached hydrogen (secondary N) is 3. The first-order valence-corrected chi connectivity index (χ1v) is 18.5. The Kier molecular flexibility index (Phi) is 16.9. The molecule has 17 heteroatoms. The Balaban J connectivity index is 0.000000220. The summed E-state index contributed by atoms with van der Waals surface area (Å²) < 4.78 is 11.0. The lowest BCUT2D eigenvalue weighted by atomic mass is 10.1. The summed E-state index contributed by atoms with van der Waals surface area (Å²) in [5, 5.41) is 54.5. The summed E-state index contributed by atoms with van der Waals surface area (Å²) in [6, 6.07) is 19.8. The van der Waals surface area contributed by atoms with E-state index >= 15 is 0 Å². The minimum absolute atomic E-state index is 0.0162. The fourth-order valence-electron chi connectivity index (χ4n) is 6.12. The number of carbonyl (C=O) groups excluding carboxylic acids is 3. The van der Waals surface area contributed by atoms with E-state index in [-0.39, 0.29) is 65.0 Å². The first kappa shape index (κ1) is 44.9. The maximum atomic E-state index is 12.4. The summed E-state index contributed by atoms with van der Waals surface area (Å²) in [7, 11) is 0. The third-order valence-corrected chi connectivity index (χ3v) is 9.40. The molecule has 2 heterocycles. The Morgan fingerprint density at radius 2 is 1.14 bits per heavy atom. The number of carbonyl (C=O) groups is 6. The second kappa shape index (κ2) is 22.2. The molecule has 0 bridgehead atoms. The minimum Gasteiger partial charge on any atom is -0.507 e. The average molecular weight is 815 g/mol. The highest BCUT2D eigenvalue weighted by Crippen LogP contribution is 2.27. The van der Waals surface area contributed by atoms with Crippen molar-refractivity contribution in [3.63, 3.8) is 0 Å². The van der Waals surface area contributed by atoms with Crippen molar-refractivity contribution in [3.05, 3.63) is 118 Å². The maximum Gasteiger partial charge on any atom is 0.335 e. The molecular weight excluding hydrogens is 768 g/mol. The Morgan fingerprint density at radius 3 is 1.53 bits per heavy atom. The zero-order chi connectivity index (χ0) is 42.9. The second-order valence-electron chi connectivity index (χ2n) is 13.4. The molecule has 2 saturated heterocycles. The number of amides is 1. The molecule has 0 aromatic heterocycles. The first-order chi connectivity index (χ1) is 28.3. The average Bonchev–Trinajstić information content (AvgIpc) is 3.98.